The third kappa shape index (κ3) is 4.17. The standard InChI is InChI=1S/C22H17N3O5S/c1-14-8-2-7-13-19(14)31(28,29)25-22(27)24-17-11-5-3-9-15(17)20-23-18-12-6-4-10-16(18)21(26)30-20/h2-13H,1H3,(H2,24,25,27). The Balaban J connectivity index is 1.65. The number of carbonyl (C=O) groups is 1. The van der Waals surface area contributed by atoms with Gasteiger partial charge in [-0.05, 0) is 42.8 Å². The normalized spacial score (nSPS) is 11.3. The second kappa shape index (κ2) is 8.04. The molecule has 156 valence electrons. The maximum Gasteiger partial charge on any atom is 0.347 e. The van der Waals surface area contributed by atoms with E-state index in [1.54, 1.807) is 73.7 Å². The Hall–Kier alpha value is -3.98. The summed E-state index contributed by atoms with van der Waals surface area (Å²) < 4.78 is 32.4. The van der Waals surface area contributed by atoms with E-state index >= 15 is 0 Å². The molecule has 2 N–H and O–H groups in total. The number of para-hydroxylation sites is 2. The SMILES string of the molecule is Cc1ccccc1S(=O)(=O)NC(=O)Nc1ccccc1-c1nc2ccccc2c(=O)o1. The van der Waals surface area contributed by atoms with Gasteiger partial charge in [0.25, 0.3) is 10.0 Å². The van der Waals surface area contributed by atoms with Crippen molar-refractivity contribution >= 4 is 32.6 Å². The van der Waals surface area contributed by atoms with Crippen molar-refractivity contribution in [1.29, 1.82) is 0 Å². The third-order valence-corrected chi connectivity index (χ3v) is 6.04. The van der Waals surface area contributed by atoms with Crippen LogP contribution >= 0.6 is 0 Å². The second-order valence-electron chi connectivity index (χ2n) is 6.69. The van der Waals surface area contributed by atoms with Gasteiger partial charge < -0.3 is 9.73 Å². The number of aromatic nitrogens is 1. The zero-order valence-electron chi connectivity index (χ0n) is 16.3. The van der Waals surface area contributed by atoms with Gasteiger partial charge in [-0.15, -0.1) is 0 Å². The average Bonchev–Trinajstić information content (AvgIpc) is 2.74. The lowest BCUT2D eigenvalue weighted by molar-refractivity contribution is 0.256. The fraction of sp³-hybridized carbons (Fsp3) is 0.0455. The summed E-state index contributed by atoms with van der Waals surface area (Å²) in [6.45, 7) is 1.63. The number of carbonyl (C=O) groups excluding carboxylic acids is 1. The topological polar surface area (TPSA) is 118 Å². The molecule has 0 fully saturated rings. The van der Waals surface area contributed by atoms with Crippen molar-refractivity contribution in [2.75, 3.05) is 5.32 Å². The zero-order chi connectivity index (χ0) is 22.0. The van der Waals surface area contributed by atoms with Crippen LogP contribution in [-0.2, 0) is 10.0 Å². The monoisotopic (exact) mass is 435 g/mol. The van der Waals surface area contributed by atoms with Gasteiger partial charge in [0.2, 0.25) is 5.89 Å². The fourth-order valence-electron chi connectivity index (χ4n) is 3.10. The molecule has 0 radical (unpaired) electrons. The molecule has 0 aliphatic carbocycles. The fourth-order valence-corrected chi connectivity index (χ4v) is 4.25. The minimum absolute atomic E-state index is 0.000581. The highest BCUT2D eigenvalue weighted by Crippen LogP contribution is 2.27. The molecule has 0 aliphatic heterocycles. The minimum atomic E-state index is -4.07. The summed E-state index contributed by atoms with van der Waals surface area (Å²) in [6.07, 6.45) is 0. The van der Waals surface area contributed by atoms with Crippen LogP contribution in [0.25, 0.3) is 22.4 Å². The van der Waals surface area contributed by atoms with Crippen LogP contribution < -0.4 is 15.7 Å². The Labute approximate surface area is 177 Å². The summed E-state index contributed by atoms with van der Waals surface area (Å²) in [7, 11) is -4.07. The smallest absolute Gasteiger partial charge is 0.347 e. The molecule has 0 saturated heterocycles. The lowest BCUT2D eigenvalue weighted by Crippen LogP contribution is -2.34. The molecule has 31 heavy (non-hydrogen) atoms. The molecule has 0 bridgehead atoms. The molecule has 9 heteroatoms. The van der Waals surface area contributed by atoms with Gasteiger partial charge >= 0.3 is 11.7 Å². The number of aryl methyl sites for hydroxylation is 1. The molecule has 0 spiro atoms. The Morgan fingerprint density at radius 1 is 0.935 bits per heavy atom. The first-order valence-electron chi connectivity index (χ1n) is 9.24. The molecule has 2 amide bonds. The number of amides is 2. The van der Waals surface area contributed by atoms with Crippen LogP contribution in [0.5, 0.6) is 0 Å². The average molecular weight is 435 g/mol. The number of hydrogen-bond acceptors (Lipinski definition) is 6. The van der Waals surface area contributed by atoms with Gasteiger partial charge in [-0.2, -0.15) is 0 Å². The molecule has 0 saturated carbocycles. The summed E-state index contributed by atoms with van der Waals surface area (Å²) in [5.74, 6) is 0.00126. The van der Waals surface area contributed by atoms with Crippen molar-refractivity contribution in [1.82, 2.24) is 9.71 Å². The molecule has 4 aromatic rings. The third-order valence-electron chi connectivity index (χ3n) is 4.55. The number of rotatable bonds is 4. The summed E-state index contributed by atoms with van der Waals surface area (Å²) in [5.41, 5.74) is 0.933. The van der Waals surface area contributed by atoms with E-state index < -0.39 is 21.7 Å². The van der Waals surface area contributed by atoms with Crippen molar-refractivity contribution in [3.05, 3.63) is 88.8 Å². The number of anilines is 1. The number of fused-ring (bicyclic) bond motifs is 1. The number of nitrogens with zero attached hydrogens (tertiary/aromatic N) is 1. The molecule has 4 rings (SSSR count). The van der Waals surface area contributed by atoms with Crippen LogP contribution in [0.3, 0.4) is 0 Å². The molecule has 1 heterocycles. The summed E-state index contributed by atoms with van der Waals surface area (Å²) >= 11 is 0. The first kappa shape index (κ1) is 20.3. The Bertz CT molecular complexity index is 1460. The van der Waals surface area contributed by atoms with Crippen molar-refractivity contribution in [3.63, 3.8) is 0 Å². The zero-order valence-corrected chi connectivity index (χ0v) is 17.1. The van der Waals surface area contributed by atoms with Gasteiger partial charge in [0.1, 0.15) is 0 Å². The van der Waals surface area contributed by atoms with E-state index in [-0.39, 0.29) is 16.5 Å². The van der Waals surface area contributed by atoms with Gasteiger partial charge in [-0.1, -0.05) is 42.5 Å². The molecule has 8 nitrogen and oxygen atoms in total. The first-order valence-corrected chi connectivity index (χ1v) is 10.7. The number of benzene rings is 3. The highest BCUT2D eigenvalue weighted by molar-refractivity contribution is 7.90. The molecule has 0 unspecified atom stereocenters. The van der Waals surface area contributed by atoms with Crippen molar-refractivity contribution in [2.45, 2.75) is 11.8 Å². The molecule has 0 aliphatic rings. The van der Waals surface area contributed by atoms with E-state index in [0.717, 1.165) is 0 Å². The van der Waals surface area contributed by atoms with Crippen LogP contribution in [0.2, 0.25) is 0 Å². The van der Waals surface area contributed by atoms with E-state index in [0.29, 0.717) is 22.0 Å². The molecular weight excluding hydrogens is 418 g/mol. The summed E-state index contributed by atoms with van der Waals surface area (Å²) in [4.78, 5) is 29.1. The maximum absolute atomic E-state index is 12.6. The van der Waals surface area contributed by atoms with Gasteiger partial charge in [0.15, 0.2) is 0 Å². The first-order chi connectivity index (χ1) is 14.8. The molecule has 1 aromatic heterocycles. The predicted octanol–water partition coefficient (Wildman–Crippen LogP) is 3.67. The number of sulfonamides is 1. The lowest BCUT2D eigenvalue weighted by Gasteiger charge is -2.12. The summed E-state index contributed by atoms with van der Waals surface area (Å²) in [5, 5.41) is 2.82. The van der Waals surface area contributed by atoms with Crippen LogP contribution in [-0.4, -0.2) is 19.4 Å². The van der Waals surface area contributed by atoms with Crippen LogP contribution in [0.1, 0.15) is 5.56 Å². The predicted molar refractivity (Wildman–Crippen MR) is 116 cm³/mol. The van der Waals surface area contributed by atoms with Crippen LogP contribution in [0, 0.1) is 6.92 Å². The van der Waals surface area contributed by atoms with Gasteiger partial charge in [-0.25, -0.2) is 27.7 Å². The van der Waals surface area contributed by atoms with Crippen molar-refractivity contribution < 1.29 is 17.6 Å². The van der Waals surface area contributed by atoms with Crippen LogP contribution in [0.15, 0.2) is 86.9 Å². The number of hydrogen-bond donors (Lipinski definition) is 2. The largest absolute Gasteiger partial charge is 0.403 e. The van der Waals surface area contributed by atoms with Crippen LogP contribution in [0.4, 0.5) is 10.5 Å². The van der Waals surface area contributed by atoms with Crippen molar-refractivity contribution in [2.24, 2.45) is 0 Å². The van der Waals surface area contributed by atoms with E-state index in [4.69, 9.17) is 4.42 Å². The number of urea groups is 1. The molecular formula is C22H17N3O5S. The van der Waals surface area contributed by atoms with E-state index in [9.17, 15) is 18.0 Å². The molecule has 3 aromatic carbocycles. The minimum Gasteiger partial charge on any atom is -0.403 e. The lowest BCUT2D eigenvalue weighted by atomic mass is 10.1. The van der Waals surface area contributed by atoms with E-state index in [1.165, 1.54) is 6.07 Å². The quantitative estimate of drug-likeness (QED) is 0.505. The van der Waals surface area contributed by atoms with E-state index in [2.05, 4.69) is 10.3 Å². The second-order valence-corrected chi connectivity index (χ2v) is 8.35. The Morgan fingerprint density at radius 3 is 2.42 bits per heavy atom. The summed E-state index contributed by atoms with van der Waals surface area (Å²) in [6, 6.07) is 18.6. The van der Waals surface area contributed by atoms with Gasteiger partial charge in [0.05, 0.1) is 27.0 Å². The van der Waals surface area contributed by atoms with Gasteiger partial charge in [0, 0.05) is 0 Å². The van der Waals surface area contributed by atoms with Crippen molar-refractivity contribution in [3.8, 4) is 11.5 Å². The highest BCUT2D eigenvalue weighted by atomic mass is 32.2. The Kier molecular flexibility index (Phi) is 5.26. The van der Waals surface area contributed by atoms with E-state index in [1.807, 2.05) is 4.72 Å². The van der Waals surface area contributed by atoms with Gasteiger partial charge in [-0.3, -0.25) is 0 Å². The maximum atomic E-state index is 12.6. The Morgan fingerprint density at radius 2 is 1.61 bits per heavy atom. The number of nitrogens with one attached hydrogen (secondary N) is 2. The molecule has 0 atom stereocenters. The highest BCUT2D eigenvalue weighted by Gasteiger charge is 2.21.